The van der Waals surface area contributed by atoms with Crippen LogP contribution in [0.2, 0.25) is 0 Å². The zero-order valence-electron chi connectivity index (χ0n) is 14.3. The summed E-state index contributed by atoms with van der Waals surface area (Å²) in [6, 6.07) is 12.0. The van der Waals surface area contributed by atoms with Crippen molar-refractivity contribution in [3.63, 3.8) is 0 Å². The Morgan fingerprint density at radius 1 is 1.04 bits per heavy atom. The summed E-state index contributed by atoms with van der Waals surface area (Å²) in [7, 11) is -1.91. The Hall–Kier alpha value is -2.45. The van der Waals surface area contributed by atoms with Crippen molar-refractivity contribution < 1.29 is 27.4 Å². The second-order valence-corrected chi connectivity index (χ2v) is 8.13. The largest absolute Gasteiger partial charge is 0.497 e. The van der Waals surface area contributed by atoms with E-state index in [0.29, 0.717) is 31.2 Å². The van der Waals surface area contributed by atoms with Crippen LogP contribution in [0.4, 0.5) is 0 Å². The highest BCUT2D eigenvalue weighted by molar-refractivity contribution is 7.89. The molecule has 0 spiro atoms. The molecule has 4 rings (SSSR count). The fourth-order valence-electron chi connectivity index (χ4n) is 2.90. The van der Waals surface area contributed by atoms with Gasteiger partial charge in [0.05, 0.1) is 18.6 Å². The van der Waals surface area contributed by atoms with Crippen LogP contribution in [0.3, 0.4) is 0 Å². The number of hydrogen-bond acceptors (Lipinski definition) is 6. The zero-order chi connectivity index (χ0) is 18.1. The van der Waals surface area contributed by atoms with Gasteiger partial charge < -0.3 is 18.9 Å². The van der Waals surface area contributed by atoms with E-state index in [1.807, 2.05) is 24.3 Å². The van der Waals surface area contributed by atoms with E-state index in [-0.39, 0.29) is 17.6 Å². The third-order valence-electron chi connectivity index (χ3n) is 4.45. The highest BCUT2D eigenvalue weighted by Crippen LogP contribution is 2.35. The van der Waals surface area contributed by atoms with Crippen molar-refractivity contribution in [3.8, 4) is 23.0 Å². The topological polar surface area (TPSA) is 74.3 Å². The number of fused-ring (bicyclic) bond motifs is 1. The molecule has 0 atom stereocenters. The summed E-state index contributed by atoms with van der Waals surface area (Å²) in [4.78, 5) is 0.219. The van der Waals surface area contributed by atoms with Gasteiger partial charge in [0.25, 0.3) is 0 Å². The number of benzene rings is 2. The standard InChI is InChI=1S/C18H19NO6S/c1-22-14-2-4-15(5-3-14)23-11-13-9-19(10-13)26(20,21)16-6-7-17-18(8-16)25-12-24-17/h2-8,13H,9-12H2,1H3. The van der Waals surface area contributed by atoms with Crippen LogP contribution in [0.1, 0.15) is 0 Å². The molecule has 2 heterocycles. The number of sulfonamides is 1. The third-order valence-corrected chi connectivity index (χ3v) is 6.28. The molecule has 26 heavy (non-hydrogen) atoms. The molecule has 0 bridgehead atoms. The van der Waals surface area contributed by atoms with Crippen molar-refractivity contribution in [1.29, 1.82) is 0 Å². The van der Waals surface area contributed by atoms with Crippen LogP contribution in [0.15, 0.2) is 47.4 Å². The first-order valence-corrected chi connectivity index (χ1v) is 9.67. The Labute approximate surface area is 152 Å². The van der Waals surface area contributed by atoms with Crippen LogP contribution in [-0.4, -0.2) is 46.3 Å². The SMILES string of the molecule is COc1ccc(OCC2CN(S(=O)(=O)c3ccc4c(c3)OCO4)C2)cc1. The van der Waals surface area contributed by atoms with Crippen LogP contribution in [0.25, 0.3) is 0 Å². The van der Waals surface area contributed by atoms with E-state index >= 15 is 0 Å². The van der Waals surface area contributed by atoms with Gasteiger partial charge in [-0.15, -0.1) is 0 Å². The monoisotopic (exact) mass is 377 g/mol. The normalized spacial score (nSPS) is 17.0. The minimum absolute atomic E-state index is 0.118. The van der Waals surface area contributed by atoms with E-state index < -0.39 is 10.0 Å². The van der Waals surface area contributed by atoms with Gasteiger partial charge in [-0.25, -0.2) is 8.42 Å². The molecular formula is C18H19NO6S. The molecule has 2 aliphatic heterocycles. The first-order chi connectivity index (χ1) is 12.6. The molecule has 2 aliphatic rings. The van der Waals surface area contributed by atoms with Crippen molar-refractivity contribution in [2.24, 2.45) is 5.92 Å². The van der Waals surface area contributed by atoms with Gasteiger partial charge in [0.2, 0.25) is 16.8 Å². The van der Waals surface area contributed by atoms with E-state index in [4.69, 9.17) is 18.9 Å². The quantitative estimate of drug-likeness (QED) is 0.768. The van der Waals surface area contributed by atoms with Crippen LogP contribution < -0.4 is 18.9 Å². The molecule has 0 saturated carbocycles. The van der Waals surface area contributed by atoms with Crippen molar-refractivity contribution >= 4 is 10.0 Å². The van der Waals surface area contributed by atoms with Gasteiger partial charge in [-0.2, -0.15) is 4.31 Å². The summed E-state index contributed by atoms with van der Waals surface area (Å²) >= 11 is 0. The van der Waals surface area contributed by atoms with E-state index in [2.05, 4.69) is 0 Å². The predicted octanol–water partition coefficient (Wildman–Crippen LogP) is 2.12. The zero-order valence-corrected chi connectivity index (χ0v) is 15.1. The number of ether oxygens (including phenoxy) is 4. The summed E-state index contributed by atoms with van der Waals surface area (Å²) in [6.07, 6.45) is 0. The number of rotatable bonds is 6. The molecule has 1 fully saturated rings. The third kappa shape index (κ3) is 3.17. The average molecular weight is 377 g/mol. The summed E-state index contributed by atoms with van der Waals surface area (Å²) in [5.41, 5.74) is 0. The van der Waals surface area contributed by atoms with Crippen molar-refractivity contribution in [2.45, 2.75) is 4.90 Å². The minimum atomic E-state index is -3.52. The van der Waals surface area contributed by atoms with E-state index in [0.717, 1.165) is 11.5 Å². The Bertz CT molecular complexity index is 890. The van der Waals surface area contributed by atoms with Gasteiger partial charge in [-0.05, 0) is 36.4 Å². The lowest BCUT2D eigenvalue weighted by molar-refractivity contribution is 0.129. The molecule has 8 heteroatoms. The van der Waals surface area contributed by atoms with Gasteiger partial charge in [-0.3, -0.25) is 0 Å². The summed E-state index contributed by atoms with van der Waals surface area (Å²) in [5.74, 6) is 2.70. The average Bonchev–Trinajstić information content (AvgIpc) is 3.08. The number of methoxy groups -OCH3 is 1. The summed E-state index contributed by atoms with van der Waals surface area (Å²) in [5, 5.41) is 0. The van der Waals surface area contributed by atoms with Crippen LogP contribution in [0.5, 0.6) is 23.0 Å². The lowest BCUT2D eigenvalue weighted by atomic mass is 10.1. The molecule has 0 N–H and O–H groups in total. The molecule has 7 nitrogen and oxygen atoms in total. The summed E-state index contributed by atoms with van der Waals surface area (Å²) < 4.78 is 48.1. The van der Waals surface area contributed by atoms with E-state index in [9.17, 15) is 8.42 Å². The fourth-order valence-corrected chi connectivity index (χ4v) is 4.50. The van der Waals surface area contributed by atoms with E-state index in [1.54, 1.807) is 19.2 Å². The summed E-state index contributed by atoms with van der Waals surface area (Å²) in [6.45, 7) is 1.46. The molecule has 0 amide bonds. The lowest BCUT2D eigenvalue weighted by Gasteiger charge is -2.37. The molecule has 2 aromatic rings. The Kier molecular flexibility index (Phi) is 4.37. The van der Waals surface area contributed by atoms with E-state index in [1.165, 1.54) is 10.4 Å². The van der Waals surface area contributed by atoms with Crippen molar-refractivity contribution in [1.82, 2.24) is 4.31 Å². The van der Waals surface area contributed by atoms with Gasteiger partial charge in [0.15, 0.2) is 11.5 Å². The van der Waals surface area contributed by atoms with Gasteiger partial charge in [-0.1, -0.05) is 0 Å². The van der Waals surface area contributed by atoms with Crippen LogP contribution in [0, 0.1) is 5.92 Å². The molecular weight excluding hydrogens is 358 g/mol. The second kappa shape index (κ2) is 6.69. The number of hydrogen-bond donors (Lipinski definition) is 0. The molecule has 0 radical (unpaired) electrons. The highest BCUT2D eigenvalue weighted by atomic mass is 32.2. The molecule has 0 aliphatic carbocycles. The van der Waals surface area contributed by atoms with Gasteiger partial charge in [0, 0.05) is 25.1 Å². The van der Waals surface area contributed by atoms with Gasteiger partial charge in [0.1, 0.15) is 11.5 Å². The van der Waals surface area contributed by atoms with Crippen molar-refractivity contribution in [2.75, 3.05) is 33.6 Å². The van der Waals surface area contributed by atoms with Crippen LogP contribution in [-0.2, 0) is 10.0 Å². The second-order valence-electron chi connectivity index (χ2n) is 6.19. The predicted molar refractivity (Wildman–Crippen MR) is 93.3 cm³/mol. The van der Waals surface area contributed by atoms with Crippen LogP contribution >= 0.6 is 0 Å². The maximum absolute atomic E-state index is 12.7. The Balaban J connectivity index is 1.33. The Morgan fingerprint density at radius 3 is 2.46 bits per heavy atom. The maximum atomic E-state index is 12.7. The molecule has 1 saturated heterocycles. The first kappa shape index (κ1) is 17.0. The Morgan fingerprint density at radius 2 is 1.73 bits per heavy atom. The molecule has 2 aromatic carbocycles. The number of nitrogens with zero attached hydrogens (tertiary/aromatic N) is 1. The fraction of sp³-hybridized carbons (Fsp3) is 0.333. The minimum Gasteiger partial charge on any atom is -0.497 e. The van der Waals surface area contributed by atoms with Gasteiger partial charge >= 0.3 is 0 Å². The maximum Gasteiger partial charge on any atom is 0.243 e. The lowest BCUT2D eigenvalue weighted by Crippen LogP contribution is -2.51. The molecule has 0 unspecified atom stereocenters. The smallest absolute Gasteiger partial charge is 0.243 e. The molecule has 0 aromatic heterocycles. The van der Waals surface area contributed by atoms with Crippen molar-refractivity contribution in [3.05, 3.63) is 42.5 Å². The first-order valence-electron chi connectivity index (χ1n) is 8.23. The highest BCUT2D eigenvalue weighted by Gasteiger charge is 2.37. The molecule has 138 valence electrons.